The summed E-state index contributed by atoms with van der Waals surface area (Å²) in [5.41, 5.74) is 0. The van der Waals surface area contributed by atoms with Crippen LogP contribution in [0.4, 0.5) is 0 Å². The summed E-state index contributed by atoms with van der Waals surface area (Å²) in [7, 11) is 0. The smallest absolute Gasteiger partial charge is 0.301 e. The fourth-order valence-electron chi connectivity index (χ4n) is 0.655. The molecule has 0 aliphatic carbocycles. The lowest BCUT2D eigenvalue weighted by Crippen LogP contribution is -2.37. The van der Waals surface area contributed by atoms with Crippen molar-refractivity contribution in [2.75, 3.05) is 13.2 Å². The second-order valence-corrected chi connectivity index (χ2v) is 1.89. The molecule has 1 saturated heterocycles. The topological polar surface area (TPSA) is 38.7 Å². The molecule has 1 N–H and O–H groups in total. The SMILES string of the molecule is C=CC1(O)OCCCO1. The van der Waals surface area contributed by atoms with Gasteiger partial charge in [-0.05, 0) is 12.5 Å². The van der Waals surface area contributed by atoms with Crippen molar-refractivity contribution in [2.24, 2.45) is 0 Å². The van der Waals surface area contributed by atoms with Crippen molar-refractivity contribution in [3.05, 3.63) is 12.7 Å². The zero-order chi connectivity index (χ0) is 6.74. The van der Waals surface area contributed by atoms with E-state index in [4.69, 9.17) is 14.6 Å². The maximum atomic E-state index is 9.12. The second kappa shape index (κ2) is 2.47. The van der Waals surface area contributed by atoms with Gasteiger partial charge >= 0.3 is 5.97 Å². The first-order valence-corrected chi connectivity index (χ1v) is 2.91. The molecule has 1 heterocycles. The van der Waals surface area contributed by atoms with Gasteiger partial charge in [-0.3, -0.25) is 0 Å². The van der Waals surface area contributed by atoms with Gasteiger partial charge in [0.1, 0.15) is 0 Å². The second-order valence-electron chi connectivity index (χ2n) is 1.89. The predicted molar refractivity (Wildman–Crippen MR) is 31.7 cm³/mol. The largest absolute Gasteiger partial charge is 0.340 e. The van der Waals surface area contributed by atoms with Gasteiger partial charge in [-0.1, -0.05) is 6.58 Å². The average molecular weight is 130 g/mol. The van der Waals surface area contributed by atoms with Crippen molar-refractivity contribution in [1.82, 2.24) is 0 Å². The Morgan fingerprint density at radius 3 is 2.33 bits per heavy atom. The normalized spacial score (nSPS) is 25.4. The third-order valence-electron chi connectivity index (χ3n) is 1.16. The van der Waals surface area contributed by atoms with Gasteiger partial charge in [0.2, 0.25) is 0 Å². The van der Waals surface area contributed by atoms with Crippen LogP contribution in [-0.2, 0) is 9.47 Å². The minimum atomic E-state index is -1.52. The lowest BCUT2D eigenvalue weighted by atomic mass is 10.4. The Bertz CT molecular complexity index is 105. The van der Waals surface area contributed by atoms with E-state index in [0.717, 1.165) is 6.42 Å². The van der Waals surface area contributed by atoms with Crippen LogP contribution in [-0.4, -0.2) is 24.3 Å². The average Bonchev–Trinajstić information content (AvgIpc) is 1.90. The molecule has 0 aromatic heterocycles. The van der Waals surface area contributed by atoms with Gasteiger partial charge in [-0.15, -0.1) is 0 Å². The van der Waals surface area contributed by atoms with Crippen LogP contribution in [0.5, 0.6) is 0 Å². The molecule has 1 aliphatic rings. The minimum Gasteiger partial charge on any atom is -0.340 e. The van der Waals surface area contributed by atoms with E-state index < -0.39 is 5.97 Å². The summed E-state index contributed by atoms with van der Waals surface area (Å²) in [6, 6.07) is 0. The quantitative estimate of drug-likeness (QED) is 0.517. The zero-order valence-electron chi connectivity index (χ0n) is 5.17. The van der Waals surface area contributed by atoms with E-state index in [9.17, 15) is 0 Å². The third kappa shape index (κ3) is 1.51. The van der Waals surface area contributed by atoms with E-state index in [1.165, 1.54) is 6.08 Å². The van der Waals surface area contributed by atoms with E-state index >= 15 is 0 Å². The fraction of sp³-hybridized carbons (Fsp3) is 0.667. The Hall–Kier alpha value is -0.380. The maximum absolute atomic E-state index is 9.12. The standard InChI is InChI=1S/C6H10O3/c1-2-6(7)8-4-3-5-9-6/h2,7H,1,3-5H2. The monoisotopic (exact) mass is 130 g/mol. The zero-order valence-corrected chi connectivity index (χ0v) is 5.17. The lowest BCUT2D eigenvalue weighted by Gasteiger charge is -2.28. The van der Waals surface area contributed by atoms with Crippen LogP contribution in [0.3, 0.4) is 0 Å². The van der Waals surface area contributed by atoms with Gasteiger partial charge in [0.15, 0.2) is 0 Å². The number of hydrogen-bond acceptors (Lipinski definition) is 3. The third-order valence-corrected chi connectivity index (χ3v) is 1.16. The Morgan fingerprint density at radius 2 is 2.00 bits per heavy atom. The van der Waals surface area contributed by atoms with Crippen LogP contribution >= 0.6 is 0 Å². The Kier molecular flexibility index (Phi) is 1.85. The van der Waals surface area contributed by atoms with E-state index in [1.54, 1.807) is 0 Å². The highest BCUT2D eigenvalue weighted by Gasteiger charge is 2.27. The first-order chi connectivity index (χ1) is 4.27. The molecule has 1 aliphatic heterocycles. The molecule has 3 heteroatoms. The van der Waals surface area contributed by atoms with Crippen molar-refractivity contribution in [1.29, 1.82) is 0 Å². The summed E-state index contributed by atoms with van der Waals surface area (Å²) in [5.74, 6) is -1.52. The van der Waals surface area contributed by atoms with Gasteiger partial charge in [-0.2, -0.15) is 0 Å². The van der Waals surface area contributed by atoms with Gasteiger partial charge in [0, 0.05) is 0 Å². The van der Waals surface area contributed by atoms with Gasteiger partial charge in [-0.25, -0.2) is 0 Å². The Labute approximate surface area is 53.9 Å². The van der Waals surface area contributed by atoms with Gasteiger partial charge in [0.05, 0.1) is 13.2 Å². The van der Waals surface area contributed by atoms with E-state index in [-0.39, 0.29) is 0 Å². The molecule has 0 aromatic carbocycles. The Morgan fingerprint density at radius 1 is 1.44 bits per heavy atom. The Balaban J connectivity index is 2.46. The molecule has 52 valence electrons. The summed E-state index contributed by atoms with van der Waals surface area (Å²) in [6.45, 7) is 4.42. The molecule has 0 unspecified atom stereocenters. The minimum absolute atomic E-state index is 0.530. The lowest BCUT2D eigenvalue weighted by molar-refractivity contribution is -0.349. The molecule has 1 fully saturated rings. The highest BCUT2D eigenvalue weighted by molar-refractivity contribution is 4.80. The van der Waals surface area contributed by atoms with Gasteiger partial charge < -0.3 is 14.6 Å². The molecule has 0 saturated carbocycles. The molecular formula is C6H10O3. The summed E-state index contributed by atoms with van der Waals surface area (Å²) < 4.78 is 9.66. The van der Waals surface area contributed by atoms with Crippen LogP contribution in [0.15, 0.2) is 12.7 Å². The molecule has 0 atom stereocenters. The highest BCUT2D eigenvalue weighted by atomic mass is 16.8. The molecule has 0 spiro atoms. The first-order valence-electron chi connectivity index (χ1n) is 2.91. The van der Waals surface area contributed by atoms with E-state index in [0.29, 0.717) is 13.2 Å². The number of hydrogen-bond donors (Lipinski definition) is 1. The summed E-state index contributed by atoms with van der Waals surface area (Å²) >= 11 is 0. The number of rotatable bonds is 1. The maximum Gasteiger partial charge on any atom is 0.301 e. The van der Waals surface area contributed by atoms with Crippen molar-refractivity contribution in [3.63, 3.8) is 0 Å². The van der Waals surface area contributed by atoms with E-state index in [1.807, 2.05) is 0 Å². The van der Waals surface area contributed by atoms with Crippen molar-refractivity contribution in [2.45, 2.75) is 12.4 Å². The van der Waals surface area contributed by atoms with Crippen molar-refractivity contribution >= 4 is 0 Å². The summed E-state index contributed by atoms with van der Waals surface area (Å²) in [4.78, 5) is 0. The first kappa shape index (κ1) is 6.74. The number of ether oxygens (including phenoxy) is 2. The van der Waals surface area contributed by atoms with Crippen LogP contribution in [0.1, 0.15) is 6.42 Å². The summed E-state index contributed by atoms with van der Waals surface area (Å²) in [6.07, 6.45) is 2.07. The van der Waals surface area contributed by atoms with Crippen LogP contribution in [0.2, 0.25) is 0 Å². The molecule has 0 bridgehead atoms. The molecule has 0 amide bonds. The molecule has 0 radical (unpaired) electrons. The molecule has 1 rings (SSSR count). The summed E-state index contributed by atoms with van der Waals surface area (Å²) in [5, 5.41) is 9.12. The predicted octanol–water partition coefficient (Wildman–Crippen LogP) is 0.255. The van der Waals surface area contributed by atoms with E-state index in [2.05, 4.69) is 6.58 Å². The molecule has 3 nitrogen and oxygen atoms in total. The highest BCUT2D eigenvalue weighted by Crippen LogP contribution is 2.15. The fourth-order valence-corrected chi connectivity index (χ4v) is 0.655. The van der Waals surface area contributed by atoms with Crippen LogP contribution in [0, 0.1) is 0 Å². The van der Waals surface area contributed by atoms with Crippen molar-refractivity contribution < 1.29 is 14.6 Å². The van der Waals surface area contributed by atoms with Crippen molar-refractivity contribution in [3.8, 4) is 0 Å². The molecule has 9 heavy (non-hydrogen) atoms. The molecule has 0 aromatic rings. The number of aliphatic hydroxyl groups is 1. The van der Waals surface area contributed by atoms with Crippen LogP contribution < -0.4 is 0 Å². The van der Waals surface area contributed by atoms with Crippen LogP contribution in [0.25, 0.3) is 0 Å². The molecular weight excluding hydrogens is 120 g/mol. The van der Waals surface area contributed by atoms with Gasteiger partial charge in [0.25, 0.3) is 0 Å².